The molecule has 0 radical (unpaired) electrons. The molecule has 1 rings (SSSR count). The van der Waals surface area contributed by atoms with Gasteiger partial charge in [0.05, 0.1) is 5.76 Å². The fourth-order valence-electron chi connectivity index (χ4n) is 1.99. The van der Waals surface area contributed by atoms with E-state index in [1.807, 2.05) is 0 Å². The fourth-order valence-corrected chi connectivity index (χ4v) is 1.99. The smallest absolute Gasteiger partial charge is 0.0928 e. The molecule has 1 aliphatic rings. The van der Waals surface area contributed by atoms with Crippen LogP contribution in [0.4, 0.5) is 0 Å². The molecule has 0 heterocycles. The number of aliphatic hydroxyl groups excluding tert-OH is 1. The maximum atomic E-state index is 10.0. The molecule has 0 atom stereocenters. The summed E-state index contributed by atoms with van der Waals surface area (Å²) in [5, 5.41) is 10.0. The Morgan fingerprint density at radius 3 is 2.43 bits per heavy atom. The van der Waals surface area contributed by atoms with Crippen molar-refractivity contribution in [2.24, 2.45) is 11.3 Å². The van der Waals surface area contributed by atoms with Crippen molar-refractivity contribution in [1.29, 1.82) is 0 Å². The number of aliphatic hydroxyl groups is 1. The van der Waals surface area contributed by atoms with Gasteiger partial charge < -0.3 is 5.11 Å². The Morgan fingerprint density at radius 2 is 2.07 bits per heavy atom. The number of rotatable bonds is 2. The maximum Gasteiger partial charge on any atom is 0.0928 e. The summed E-state index contributed by atoms with van der Waals surface area (Å²) < 4.78 is 0. The Morgan fingerprint density at radius 1 is 1.50 bits per heavy atom. The first-order valence-corrected chi connectivity index (χ1v) is 5.44. The Balaban J connectivity index is 2.91. The van der Waals surface area contributed by atoms with Crippen LogP contribution in [0.25, 0.3) is 0 Å². The van der Waals surface area contributed by atoms with Crippen LogP contribution in [-0.4, -0.2) is 5.11 Å². The van der Waals surface area contributed by atoms with Crippen LogP contribution in [0.2, 0.25) is 0 Å². The summed E-state index contributed by atoms with van der Waals surface area (Å²) in [7, 11) is 0. The van der Waals surface area contributed by atoms with E-state index >= 15 is 0 Å². The second-order valence-electron chi connectivity index (χ2n) is 5.24. The molecule has 0 aromatic carbocycles. The van der Waals surface area contributed by atoms with Crippen molar-refractivity contribution in [3.05, 3.63) is 23.0 Å². The van der Waals surface area contributed by atoms with Crippen LogP contribution in [0, 0.1) is 11.3 Å². The normalized spacial score (nSPS) is 24.0. The largest absolute Gasteiger partial charge is 0.512 e. The fraction of sp³-hybridized carbons (Fsp3) is 0.692. The third-order valence-corrected chi connectivity index (χ3v) is 3.30. The highest BCUT2D eigenvalue weighted by molar-refractivity contribution is 5.36. The average molecular weight is 194 g/mol. The molecule has 0 saturated carbocycles. The minimum atomic E-state index is 0.0684. The first kappa shape index (κ1) is 11.4. The Kier molecular flexibility index (Phi) is 3.08. The lowest BCUT2D eigenvalue weighted by atomic mass is 9.81. The van der Waals surface area contributed by atoms with Crippen molar-refractivity contribution in [3.63, 3.8) is 0 Å². The highest BCUT2D eigenvalue weighted by Gasteiger charge is 2.31. The van der Waals surface area contributed by atoms with E-state index in [0.717, 1.165) is 12.8 Å². The molecule has 0 spiro atoms. The van der Waals surface area contributed by atoms with Crippen molar-refractivity contribution < 1.29 is 5.11 Å². The van der Waals surface area contributed by atoms with Gasteiger partial charge in [0.1, 0.15) is 0 Å². The number of hydrogen-bond acceptors (Lipinski definition) is 1. The van der Waals surface area contributed by atoms with Crippen LogP contribution >= 0.6 is 0 Å². The number of hydrogen-bond donors (Lipinski definition) is 1. The molecule has 1 heteroatoms. The van der Waals surface area contributed by atoms with E-state index in [9.17, 15) is 5.11 Å². The molecule has 0 bridgehead atoms. The van der Waals surface area contributed by atoms with Gasteiger partial charge in [0.25, 0.3) is 0 Å². The molecule has 80 valence electrons. The lowest BCUT2D eigenvalue weighted by molar-refractivity contribution is 0.341. The first-order chi connectivity index (χ1) is 6.35. The van der Waals surface area contributed by atoms with E-state index in [0.29, 0.717) is 11.7 Å². The monoisotopic (exact) mass is 194 g/mol. The van der Waals surface area contributed by atoms with Gasteiger partial charge in [-0.1, -0.05) is 39.3 Å². The molecule has 14 heavy (non-hydrogen) atoms. The molecule has 0 amide bonds. The van der Waals surface area contributed by atoms with E-state index in [-0.39, 0.29) is 5.41 Å². The van der Waals surface area contributed by atoms with E-state index in [1.54, 1.807) is 0 Å². The molecule has 0 saturated heterocycles. The van der Waals surface area contributed by atoms with Crippen molar-refractivity contribution in [2.75, 3.05) is 0 Å². The topological polar surface area (TPSA) is 20.2 Å². The van der Waals surface area contributed by atoms with Crippen LogP contribution in [0.15, 0.2) is 23.0 Å². The highest BCUT2D eigenvalue weighted by atomic mass is 16.3. The summed E-state index contributed by atoms with van der Waals surface area (Å²) in [5.74, 6) is 1.14. The molecular formula is C13H22O. The van der Waals surface area contributed by atoms with Crippen molar-refractivity contribution >= 4 is 0 Å². The highest BCUT2D eigenvalue weighted by Crippen LogP contribution is 2.44. The Hall–Kier alpha value is -0.720. The zero-order valence-corrected chi connectivity index (χ0v) is 10.0. The van der Waals surface area contributed by atoms with Gasteiger partial charge in [-0.25, -0.2) is 0 Å². The Labute approximate surface area is 87.5 Å². The second-order valence-corrected chi connectivity index (χ2v) is 5.24. The van der Waals surface area contributed by atoms with Crippen molar-refractivity contribution in [3.8, 4) is 0 Å². The van der Waals surface area contributed by atoms with Gasteiger partial charge in [-0.05, 0) is 24.8 Å². The zero-order valence-electron chi connectivity index (χ0n) is 10.0. The third-order valence-electron chi connectivity index (χ3n) is 3.30. The van der Waals surface area contributed by atoms with E-state index in [2.05, 4.69) is 40.7 Å². The number of allylic oxidation sites excluding steroid dienone is 4. The van der Waals surface area contributed by atoms with E-state index in [4.69, 9.17) is 0 Å². The summed E-state index contributed by atoms with van der Waals surface area (Å²) in [4.78, 5) is 0. The van der Waals surface area contributed by atoms with Crippen molar-refractivity contribution in [1.82, 2.24) is 0 Å². The summed E-state index contributed by atoms with van der Waals surface area (Å²) in [5.41, 5.74) is 2.66. The summed E-state index contributed by atoms with van der Waals surface area (Å²) in [6.07, 6.45) is 3.96. The molecule has 0 aromatic heterocycles. The predicted octanol–water partition coefficient (Wildman–Crippen LogP) is 4.22. The molecule has 0 fully saturated rings. The molecule has 1 N–H and O–H groups in total. The standard InChI is InChI=1S/C13H22O/c1-9(2)8-12(14)11-7-6-10(3)13(11,4)5/h6,9,14H,7-8H2,1-5H3/b12-11-. The molecule has 1 nitrogen and oxygen atoms in total. The zero-order chi connectivity index (χ0) is 10.9. The predicted molar refractivity (Wildman–Crippen MR) is 61.3 cm³/mol. The minimum Gasteiger partial charge on any atom is -0.512 e. The lowest BCUT2D eigenvalue weighted by Crippen LogP contribution is -2.14. The Bertz CT molecular complexity index is 280. The van der Waals surface area contributed by atoms with Gasteiger partial charge in [0.2, 0.25) is 0 Å². The van der Waals surface area contributed by atoms with E-state index in [1.165, 1.54) is 11.1 Å². The molecular weight excluding hydrogens is 172 g/mol. The van der Waals surface area contributed by atoms with E-state index < -0.39 is 0 Å². The van der Waals surface area contributed by atoms with Crippen LogP contribution < -0.4 is 0 Å². The van der Waals surface area contributed by atoms with Crippen LogP contribution in [-0.2, 0) is 0 Å². The maximum absolute atomic E-state index is 10.0. The summed E-state index contributed by atoms with van der Waals surface area (Å²) in [6, 6.07) is 0. The molecule has 0 unspecified atom stereocenters. The van der Waals surface area contributed by atoms with Crippen LogP contribution in [0.5, 0.6) is 0 Å². The quantitative estimate of drug-likeness (QED) is 0.515. The van der Waals surface area contributed by atoms with Gasteiger partial charge >= 0.3 is 0 Å². The van der Waals surface area contributed by atoms with Crippen molar-refractivity contribution in [2.45, 2.75) is 47.5 Å². The molecule has 0 aromatic rings. The molecule has 1 aliphatic carbocycles. The van der Waals surface area contributed by atoms with Crippen LogP contribution in [0.1, 0.15) is 47.5 Å². The van der Waals surface area contributed by atoms with Gasteiger partial charge in [-0.15, -0.1) is 0 Å². The third kappa shape index (κ3) is 2.02. The van der Waals surface area contributed by atoms with Gasteiger partial charge in [-0.2, -0.15) is 0 Å². The second kappa shape index (κ2) is 3.80. The average Bonchev–Trinajstić information content (AvgIpc) is 2.26. The van der Waals surface area contributed by atoms with Gasteiger partial charge in [0.15, 0.2) is 0 Å². The molecule has 0 aliphatic heterocycles. The van der Waals surface area contributed by atoms with Gasteiger partial charge in [0, 0.05) is 11.8 Å². The summed E-state index contributed by atoms with van der Waals surface area (Å²) in [6.45, 7) is 10.8. The van der Waals surface area contributed by atoms with Gasteiger partial charge in [-0.3, -0.25) is 0 Å². The first-order valence-electron chi connectivity index (χ1n) is 5.44. The minimum absolute atomic E-state index is 0.0684. The lowest BCUT2D eigenvalue weighted by Gasteiger charge is -2.24. The SMILES string of the molecule is CC1=CC/C(=C(/O)CC(C)C)C1(C)C. The van der Waals surface area contributed by atoms with Crippen LogP contribution in [0.3, 0.4) is 0 Å². The summed E-state index contributed by atoms with van der Waals surface area (Å²) >= 11 is 0.